The Labute approximate surface area is 214 Å². The number of rotatable bonds is 8. The molecular formula is C26H27Cl2N5O2. The Morgan fingerprint density at radius 1 is 0.971 bits per heavy atom. The number of hydrogen-bond acceptors (Lipinski definition) is 5. The molecule has 1 aromatic heterocycles. The summed E-state index contributed by atoms with van der Waals surface area (Å²) >= 11 is 12.0. The molecule has 182 valence electrons. The van der Waals surface area contributed by atoms with Crippen LogP contribution in [-0.2, 0) is 11.3 Å². The van der Waals surface area contributed by atoms with Gasteiger partial charge in [0.1, 0.15) is 5.82 Å². The van der Waals surface area contributed by atoms with Crippen LogP contribution in [0, 0.1) is 0 Å². The zero-order chi connectivity index (χ0) is 24.8. The maximum absolute atomic E-state index is 12.9. The van der Waals surface area contributed by atoms with E-state index >= 15 is 0 Å². The highest BCUT2D eigenvalue weighted by Gasteiger charge is 2.23. The minimum absolute atomic E-state index is 0.00442. The van der Waals surface area contributed by atoms with E-state index in [4.69, 9.17) is 23.2 Å². The number of anilines is 3. The van der Waals surface area contributed by atoms with Crippen LogP contribution in [0.5, 0.6) is 0 Å². The van der Waals surface area contributed by atoms with Crippen molar-refractivity contribution in [2.45, 2.75) is 32.4 Å². The molecule has 2 aromatic carbocycles. The quantitative estimate of drug-likeness (QED) is 0.362. The van der Waals surface area contributed by atoms with E-state index in [1.165, 1.54) is 6.20 Å². The lowest BCUT2D eigenvalue weighted by Gasteiger charge is -2.22. The lowest BCUT2D eigenvalue weighted by Crippen LogP contribution is -2.40. The molecule has 1 aliphatic rings. The average molecular weight is 512 g/mol. The van der Waals surface area contributed by atoms with Crippen molar-refractivity contribution < 1.29 is 9.59 Å². The summed E-state index contributed by atoms with van der Waals surface area (Å²) in [5.74, 6) is 0.0572. The molecule has 4 rings (SSSR count). The second kappa shape index (κ2) is 11.5. The number of amides is 2. The van der Waals surface area contributed by atoms with Crippen molar-refractivity contribution in [2.24, 2.45) is 0 Å². The Morgan fingerprint density at radius 2 is 1.69 bits per heavy atom. The van der Waals surface area contributed by atoms with Gasteiger partial charge in [0, 0.05) is 29.1 Å². The van der Waals surface area contributed by atoms with Gasteiger partial charge in [-0.2, -0.15) is 0 Å². The predicted molar refractivity (Wildman–Crippen MR) is 141 cm³/mol. The fourth-order valence-corrected chi connectivity index (χ4v) is 4.22. The highest BCUT2D eigenvalue weighted by Crippen LogP contribution is 2.23. The Balaban J connectivity index is 1.37. The van der Waals surface area contributed by atoms with Crippen molar-refractivity contribution in [1.82, 2.24) is 9.88 Å². The summed E-state index contributed by atoms with van der Waals surface area (Å²) in [5.41, 5.74) is 2.79. The van der Waals surface area contributed by atoms with Gasteiger partial charge in [0.05, 0.1) is 16.6 Å². The van der Waals surface area contributed by atoms with Crippen LogP contribution >= 0.6 is 23.2 Å². The number of halogens is 2. The number of likely N-dealkylation sites (tertiary alicyclic amines) is 1. The zero-order valence-electron chi connectivity index (χ0n) is 19.4. The molecular weight excluding hydrogens is 485 g/mol. The van der Waals surface area contributed by atoms with Gasteiger partial charge in [-0.1, -0.05) is 35.3 Å². The minimum Gasteiger partial charge on any atom is -0.380 e. The first-order valence-electron chi connectivity index (χ1n) is 11.5. The number of aromatic nitrogens is 1. The first-order valence-corrected chi connectivity index (χ1v) is 12.2. The maximum Gasteiger partial charge on any atom is 0.258 e. The molecule has 2 amide bonds. The molecule has 2 heterocycles. The van der Waals surface area contributed by atoms with Crippen molar-refractivity contribution in [2.75, 3.05) is 29.0 Å². The zero-order valence-corrected chi connectivity index (χ0v) is 20.9. The van der Waals surface area contributed by atoms with Gasteiger partial charge < -0.3 is 16.0 Å². The number of nitrogens with one attached hydrogen (secondary N) is 3. The Kier molecular flexibility index (Phi) is 8.23. The topological polar surface area (TPSA) is 86.4 Å². The van der Waals surface area contributed by atoms with Crippen molar-refractivity contribution in [3.05, 3.63) is 82.0 Å². The number of benzene rings is 2. The Hall–Kier alpha value is -3.13. The number of carbonyl (C=O) groups is 2. The molecule has 1 aliphatic heterocycles. The van der Waals surface area contributed by atoms with Gasteiger partial charge in [0.25, 0.3) is 5.91 Å². The van der Waals surface area contributed by atoms with Crippen LogP contribution < -0.4 is 16.0 Å². The third-order valence-electron chi connectivity index (χ3n) is 5.97. The second-order valence-electron chi connectivity index (χ2n) is 8.46. The second-order valence-corrected chi connectivity index (χ2v) is 9.34. The predicted octanol–water partition coefficient (Wildman–Crippen LogP) is 5.68. The van der Waals surface area contributed by atoms with Crippen LogP contribution in [0.1, 0.15) is 35.7 Å². The van der Waals surface area contributed by atoms with Crippen LogP contribution in [0.3, 0.4) is 0 Å². The summed E-state index contributed by atoms with van der Waals surface area (Å²) in [5, 5.41) is 9.98. The van der Waals surface area contributed by atoms with Gasteiger partial charge in [-0.3, -0.25) is 14.5 Å². The molecule has 0 saturated carbocycles. The molecule has 1 unspecified atom stereocenters. The van der Waals surface area contributed by atoms with Gasteiger partial charge in [0.2, 0.25) is 5.91 Å². The van der Waals surface area contributed by atoms with E-state index in [2.05, 4.69) is 25.8 Å². The number of hydrogen-bond donors (Lipinski definition) is 3. The lowest BCUT2D eigenvalue weighted by molar-refractivity contribution is -0.120. The monoisotopic (exact) mass is 511 g/mol. The SMILES string of the molecule is CC(C(=O)Nc1ccc(CNc2ccc(Cl)cc2C(=O)Nc2ccc(Cl)cn2)cc1)N1CCCC1. The molecule has 1 atom stereocenters. The van der Waals surface area contributed by atoms with Crippen molar-refractivity contribution in [3.63, 3.8) is 0 Å². The van der Waals surface area contributed by atoms with Gasteiger partial charge >= 0.3 is 0 Å². The molecule has 35 heavy (non-hydrogen) atoms. The lowest BCUT2D eigenvalue weighted by atomic mass is 10.1. The van der Waals surface area contributed by atoms with Crippen molar-refractivity contribution in [1.29, 1.82) is 0 Å². The fourth-order valence-electron chi connectivity index (χ4n) is 3.94. The average Bonchev–Trinajstić information content (AvgIpc) is 3.40. The molecule has 0 aliphatic carbocycles. The van der Waals surface area contributed by atoms with Crippen LogP contribution in [0.4, 0.5) is 17.2 Å². The van der Waals surface area contributed by atoms with E-state index in [1.54, 1.807) is 30.3 Å². The minimum atomic E-state index is -0.338. The van der Waals surface area contributed by atoms with E-state index in [1.807, 2.05) is 31.2 Å². The molecule has 0 spiro atoms. The van der Waals surface area contributed by atoms with Gasteiger partial charge in [-0.25, -0.2) is 4.98 Å². The number of pyridine rings is 1. The molecule has 9 heteroatoms. The largest absolute Gasteiger partial charge is 0.380 e. The molecule has 7 nitrogen and oxygen atoms in total. The Morgan fingerprint density at radius 3 is 2.37 bits per heavy atom. The first kappa shape index (κ1) is 25.0. The smallest absolute Gasteiger partial charge is 0.258 e. The van der Waals surface area contributed by atoms with Gasteiger partial charge in [-0.05, 0) is 80.9 Å². The van der Waals surface area contributed by atoms with E-state index in [-0.39, 0.29) is 17.9 Å². The number of nitrogens with zero attached hydrogens (tertiary/aromatic N) is 2. The van der Waals surface area contributed by atoms with Crippen LogP contribution in [-0.4, -0.2) is 40.8 Å². The Bertz CT molecular complexity index is 1180. The third kappa shape index (κ3) is 6.72. The third-order valence-corrected chi connectivity index (χ3v) is 6.43. The highest BCUT2D eigenvalue weighted by atomic mass is 35.5. The summed E-state index contributed by atoms with van der Waals surface area (Å²) in [6.07, 6.45) is 3.76. The van der Waals surface area contributed by atoms with Crippen LogP contribution in [0.15, 0.2) is 60.8 Å². The molecule has 3 N–H and O–H groups in total. The normalized spacial score (nSPS) is 14.4. The standard InChI is InChI=1S/C26H27Cl2N5O2/c1-17(33-12-2-3-13-33)25(34)31-21-8-4-18(5-9-21)15-29-23-10-6-19(27)14-22(23)26(35)32-24-11-7-20(28)16-30-24/h4-11,14,16-17,29H,2-3,12-13,15H2,1H3,(H,31,34)(H,30,32,35). The number of carbonyl (C=O) groups excluding carboxylic acids is 2. The molecule has 0 bridgehead atoms. The summed E-state index contributed by atoms with van der Waals surface area (Å²) in [7, 11) is 0. The van der Waals surface area contributed by atoms with Crippen molar-refractivity contribution in [3.8, 4) is 0 Å². The van der Waals surface area contributed by atoms with Crippen LogP contribution in [0.2, 0.25) is 10.0 Å². The summed E-state index contributed by atoms with van der Waals surface area (Å²) < 4.78 is 0. The van der Waals surface area contributed by atoms with Gasteiger partial charge in [0.15, 0.2) is 0 Å². The van der Waals surface area contributed by atoms with E-state index < -0.39 is 0 Å². The molecule has 0 radical (unpaired) electrons. The molecule has 3 aromatic rings. The molecule has 1 fully saturated rings. The van der Waals surface area contributed by atoms with E-state index in [9.17, 15) is 9.59 Å². The summed E-state index contributed by atoms with van der Waals surface area (Å²) in [4.78, 5) is 31.7. The maximum atomic E-state index is 12.9. The first-order chi connectivity index (χ1) is 16.9. The molecule has 1 saturated heterocycles. The summed E-state index contributed by atoms with van der Waals surface area (Å²) in [6, 6.07) is 15.9. The van der Waals surface area contributed by atoms with Crippen molar-refractivity contribution >= 4 is 52.2 Å². The summed E-state index contributed by atoms with van der Waals surface area (Å²) in [6.45, 7) is 4.38. The van der Waals surface area contributed by atoms with E-state index in [0.717, 1.165) is 37.2 Å². The van der Waals surface area contributed by atoms with Crippen LogP contribution in [0.25, 0.3) is 0 Å². The van der Waals surface area contributed by atoms with Gasteiger partial charge in [-0.15, -0.1) is 0 Å². The van der Waals surface area contributed by atoms with E-state index in [0.29, 0.717) is 33.7 Å². The fraction of sp³-hybridized carbons (Fsp3) is 0.269. The highest BCUT2D eigenvalue weighted by molar-refractivity contribution is 6.31.